The zero-order valence-corrected chi connectivity index (χ0v) is 12.1. The lowest BCUT2D eigenvalue weighted by Crippen LogP contribution is -2.36. The van der Waals surface area contributed by atoms with Crippen molar-refractivity contribution in [2.24, 2.45) is 0 Å². The highest BCUT2D eigenvalue weighted by atomic mass is 32.1. The summed E-state index contributed by atoms with van der Waals surface area (Å²) in [6.07, 6.45) is 6.90. The van der Waals surface area contributed by atoms with Crippen LogP contribution in [0.1, 0.15) is 44.6 Å². The van der Waals surface area contributed by atoms with E-state index in [2.05, 4.69) is 34.0 Å². The highest BCUT2D eigenvalue weighted by Gasteiger charge is 2.32. The fourth-order valence-electron chi connectivity index (χ4n) is 2.59. The molecule has 0 saturated heterocycles. The lowest BCUT2D eigenvalue weighted by Gasteiger charge is -2.29. The van der Waals surface area contributed by atoms with Crippen LogP contribution in [0.3, 0.4) is 0 Å². The quantitative estimate of drug-likeness (QED) is 0.775. The third kappa shape index (κ3) is 3.56. The topological polar surface area (TPSA) is 15.3 Å². The molecule has 100 valence electrons. The van der Waals surface area contributed by atoms with Crippen molar-refractivity contribution in [1.29, 1.82) is 0 Å². The van der Waals surface area contributed by atoms with E-state index in [0.29, 0.717) is 6.04 Å². The van der Waals surface area contributed by atoms with Crippen molar-refractivity contribution >= 4 is 11.3 Å². The first-order valence-electron chi connectivity index (χ1n) is 7.33. The predicted octanol–water partition coefficient (Wildman–Crippen LogP) is 3.24. The standard InChI is InChI=1S/C15H24N2S/c1-12(6-8-16-14-2-3-14)17(15-4-5-15)10-13-7-9-18-11-13/h7,9,11-12,14-16H,2-6,8,10H2,1H3. The van der Waals surface area contributed by atoms with Gasteiger partial charge in [-0.15, -0.1) is 0 Å². The molecule has 18 heavy (non-hydrogen) atoms. The molecule has 3 heteroatoms. The van der Waals surface area contributed by atoms with Crippen LogP contribution in [-0.4, -0.2) is 29.6 Å². The van der Waals surface area contributed by atoms with Crippen LogP contribution in [0.15, 0.2) is 16.8 Å². The van der Waals surface area contributed by atoms with Crippen LogP contribution < -0.4 is 5.32 Å². The van der Waals surface area contributed by atoms with Crippen molar-refractivity contribution in [2.75, 3.05) is 6.54 Å². The van der Waals surface area contributed by atoms with Gasteiger partial charge < -0.3 is 5.32 Å². The molecule has 3 rings (SSSR count). The Kier molecular flexibility index (Phi) is 4.02. The second kappa shape index (κ2) is 5.72. The smallest absolute Gasteiger partial charge is 0.0247 e. The van der Waals surface area contributed by atoms with E-state index in [1.807, 2.05) is 11.3 Å². The normalized spacial score (nSPS) is 21.4. The molecule has 2 fully saturated rings. The molecule has 2 saturated carbocycles. The fraction of sp³-hybridized carbons (Fsp3) is 0.733. The third-order valence-electron chi connectivity index (χ3n) is 4.10. The molecule has 0 aromatic carbocycles. The van der Waals surface area contributed by atoms with E-state index in [1.165, 1.54) is 44.2 Å². The van der Waals surface area contributed by atoms with Gasteiger partial charge in [-0.05, 0) is 68.0 Å². The summed E-state index contributed by atoms with van der Waals surface area (Å²) in [6, 6.07) is 4.70. The highest BCUT2D eigenvalue weighted by Crippen LogP contribution is 2.31. The van der Waals surface area contributed by atoms with E-state index in [0.717, 1.165) is 18.6 Å². The van der Waals surface area contributed by atoms with Gasteiger partial charge in [-0.25, -0.2) is 0 Å². The van der Waals surface area contributed by atoms with Crippen LogP contribution in [0.25, 0.3) is 0 Å². The Morgan fingerprint density at radius 2 is 2.22 bits per heavy atom. The van der Waals surface area contributed by atoms with Crippen molar-refractivity contribution in [2.45, 2.75) is 63.7 Å². The van der Waals surface area contributed by atoms with Crippen molar-refractivity contribution in [3.8, 4) is 0 Å². The van der Waals surface area contributed by atoms with Crippen LogP contribution in [-0.2, 0) is 6.54 Å². The molecule has 0 radical (unpaired) electrons. The first-order chi connectivity index (χ1) is 8.83. The molecule has 0 spiro atoms. The Morgan fingerprint density at radius 1 is 1.39 bits per heavy atom. The maximum Gasteiger partial charge on any atom is 0.0247 e. The molecular formula is C15H24N2S. The first-order valence-corrected chi connectivity index (χ1v) is 8.27. The van der Waals surface area contributed by atoms with Crippen LogP contribution in [0.2, 0.25) is 0 Å². The minimum absolute atomic E-state index is 0.712. The van der Waals surface area contributed by atoms with Crippen LogP contribution in [0, 0.1) is 0 Å². The number of hydrogen-bond acceptors (Lipinski definition) is 3. The Morgan fingerprint density at radius 3 is 2.83 bits per heavy atom. The molecule has 1 heterocycles. The number of hydrogen-bond donors (Lipinski definition) is 1. The minimum atomic E-state index is 0.712. The summed E-state index contributed by atoms with van der Waals surface area (Å²) >= 11 is 1.82. The van der Waals surface area contributed by atoms with E-state index in [1.54, 1.807) is 0 Å². The molecule has 1 atom stereocenters. The minimum Gasteiger partial charge on any atom is -0.314 e. The molecule has 0 bridgehead atoms. The predicted molar refractivity (Wildman–Crippen MR) is 78.0 cm³/mol. The number of thiophene rings is 1. The van der Waals surface area contributed by atoms with Gasteiger partial charge in [0.05, 0.1) is 0 Å². The van der Waals surface area contributed by atoms with Gasteiger partial charge in [0.15, 0.2) is 0 Å². The van der Waals surface area contributed by atoms with Crippen LogP contribution in [0.4, 0.5) is 0 Å². The van der Waals surface area contributed by atoms with Crippen molar-refractivity contribution in [1.82, 2.24) is 10.2 Å². The zero-order valence-electron chi connectivity index (χ0n) is 11.3. The second-order valence-electron chi connectivity index (χ2n) is 5.90. The summed E-state index contributed by atoms with van der Waals surface area (Å²) in [5.74, 6) is 0. The summed E-state index contributed by atoms with van der Waals surface area (Å²) in [6.45, 7) is 4.75. The second-order valence-corrected chi connectivity index (χ2v) is 6.68. The third-order valence-corrected chi connectivity index (χ3v) is 4.83. The molecular weight excluding hydrogens is 240 g/mol. The van der Waals surface area contributed by atoms with Gasteiger partial charge in [-0.2, -0.15) is 11.3 Å². The van der Waals surface area contributed by atoms with Gasteiger partial charge in [0.1, 0.15) is 0 Å². The molecule has 1 unspecified atom stereocenters. The van der Waals surface area contributed by atoms with Gasteiger partial charge in [-0.1, -0.05) is 0 Å². The van der Waals surface area contributed by atoms with E-state index in [4.69, 9.17) is 0 Å². The molecule has 2 aliphatic rings. The summed E-state index contributed by atoms with van der Waals surface area (Å²) in [5.41, 5.74) is 1.49. The maximum atomic E-state index is 3.64. The molecule has 0 aliphatic heterocycles. The monoisotopic (exact) mass is 264 g/mol. The number of rotatable bonds is 8. The van der Waals surface area contributed by atoms with Crippen LogP contribution in [0.5, 0.6) is 0 Å². The van der Waals surface area contributed by atoms with Crippen molar-refractivity contribution in [3.05, 3.63) is 22.4 Å². The number of nitrogens with zero attached hydrogens (tertiary/aromatic N) is 1. The molecule has 1 aromatic rings. The van der Waals surface area contributed by atoms with Gasteiger partial charge in [0.2, 0.25) is 0 Å². The molecule has 1 aromatic heterocycles. The lowest BCUT2D eigenvalue weighted by atomic mass is 10.1. The van der Waals surface area contributed by atoms with Gasteiger partial charge in [0.25, 0.3) is 0 Å². The largest absolute Gasteiger partial charge is 0.314 e. The summed E-state index contributed by atoms with van der Waals surface area (Å²) in [5, 5.41) is 8.13. The van der Waals surface area contributed by atoms with Gasteiger partial charge >= 0.3 is 0 Å². The maximum absolute atomic E-state index is 3.64. The Labute approximate surface area is 114 Å². The van der Waals surface area contributed by atoms with Crippen LogP contribution >= 0.6 is 11.3 Å². The summed E-state index contributed by atoms with van der Waals surface area (Å²) < 4.78 is 0. The Bertz CT molecular complexity index is 355. The van der Waals surface area contributed by atoms with E-state index < -0.39 is 0 Å². The van der Waals surface area contributed by atoms with Crippen molar-refractivity contribution < 1.29 is 0 Å². The summed E-state index contributed by atoms with van der Waals surface area (Å²) in [4.78, 5) is 2.72. The molecule has 2 aliphatic carbocycles. The molecule has 1 N–H and O–H groups in total. The highest BCUT2D eigenvalue weighted by molar-refractivity contribution is 7.07. The van der Waals surface area contributed by atoms with E-state index in [9.17, 15) is 0 Å². The lowest BCUT2D eigenvalue weighted by molar-refractivity contribution is 0.180. The Hall–Kier alpha value is -0.380. The molecule has 2 nitrogen and oxygen atoms in total. The van der Waals surface area contributed by atoms with E-state index in [-0.39, 0.29) is 0 Å². The SMILES string of the molecule is CC(CCNC1CC1)N(Cc1ccsc1)C1CC1. The zero-order chi connectivity index (χ0) is 12.4. The molecule has 0 amide bonds. The van der Waals surface area contributed by atoms with E-state index >= 15 is 0 Å². The van der Waals surface area contributed by atoms with Gasteiger partial charge in [0, 0.05) is 24.7 Å². The van der Waals surface area contributed by atoms with Crippen molar-refractivity contribution in [3.63, 3.8) is 0 Å². The Balaban J connectivity index is 1.48. The number of nitrogens with one attached hydrogen (secondary N) is 1. The van der Waals surface area contributed by atoms with Gasteiger partial charge in [-0.3, -0.25) is 4.90 Å². The summed E-state index contributed by atoms with van der Waals surface area (Å²) in [7, 11) is 0. The fourth-order valence-corrected chi connectivity index (χ4v) is 3.25. The average Bonchev–Trinajstić information content (AvgIpc) is 3.28. The first kappa shape index (κ1) is 12.6. The average molecular weight is 264 g/mol.